The highest BCUT2D eigenvalue weighted by Gasteiger charge is 2.34. The summed E-state index contributed by atoms with van der Waals surface area (Å²) < 4.78 is 0. The molecule has 12 heavy (non-hydrogen) atoms. The van der Waals surface area contributed by atoms with Crippen LogP contribution >= 0.6 is 0 Å². The van der Waals surface area contributed by atoms with Gasteiger partial charge < -0.3 is 5.73 Å². The second kappa shape index (κ2) is 3.05. The van der Waals surface area contributed by atoms with E-state index in [1.54, 1.807) is 0 Å². The predicted molar refractivity (Wildman–Crippen MR) is 49.9 cm³/mol. The van der Waals surface area contributed by atoms with Gasteiger partial charge in [-0.2, -0.15) is 5.10 Å². The molecule has 1 fully saturated rings. The molecule has 1 aliphatic carbocycles. The molecule has 3 unspecified atom stereocenters. The van der Waals surface area contributed by atoms with Gasteiger partial charge in [-0.05, 0) is 31.7 Å². The molecule has 1 heterocycles. The topological polar surface area (TPSA) is 41.6 Å². The molecule has 0 aromatic heterocycles. The highest BCUT2D eigenvalue weighted by Crippen LogP contribution is 2.33. The zero-order valence-electron chi connectivity index (χ0n) is 7.61. The largest absolute Gasteiger partial charge is 0.330 e. The van der Waals surface area contributed by atoms with Crippen LogP contribution in [0, 0.1) is 11.8 Å². The molecule has 1 aliphatic heterocycles. The number of nitrogens with zero attached hydrogens (tertiary/aromatic N) is 2. The van der Waals surface area contributed by atoms with Crippen molar-refractivity contribution in [2.45, 2.75) is 25.3 Å². The molecule has 2 aliphatic rings. The zero-order valence-corrected chi connectivity index (χ0v) is 7.61. The van der Waals surface area contributed by atoms with Crippen LogP contribution in [-0.2, 0) is 0 Å². The average molecular weight is 167 g/mol. The van der Waals surface area contributed by atoms with E-state index >= 15 is 0 Å². The van der Waals surface area contributed by atoms with Crippen molar-refractivity contribution < 1.29 is 0 Å². The van der Waals surface area contributed by atoms with E-state index in [2.05, 4.69) is 23.4 Å². The van der Waals surface area contributed by atoms with Crippen LogP contribution in [0.2, 0.25) is 0 Å². The second-order valence-electron chi connectivity index (χ2n) is 3.98. The first kappa shape index (κ1) is 8.05. The molecule has 2 N–H and O–H groups in total. The van der Waals surface area contributed by atoms with Gasteiger partial charge in [-0.25, -0.2) is 0 Å². The molecule has 0 aromatic rings. The van der Waals surface area contributed by atoms with E-state index in [-0.39, 0.29) is 0 Å². The summed E-state index contributed by atoms with van der Waals surface area (Å²) in [4.78, 5) is 0. The minimum atomic E-state index is 0.674. The van der Waals surface area contributed by atoms with Crippen LogP contribution < -0.4 is 5.73 Å². The number of fused-ring (bicyclic) bond motifs is 1. The van der Waals surface area contributed by atoms with E-state index < -0.39 is 0 Å². The van der Waals surface area contributed by atoms with Crippen LogP contribution in [0.15, 0.2) is 5.10 Å². The molecular formula is C9H17N3. The Morgan fingerprint density at radius 3 is 3.17 bits per heavy atom. The smallest absolute Gasteiger partial charge is 0.0545 e. The number of hydrogen-bond donors (Lipinski definition) is 1. The monoisotopic (exact) mass is 167 g/mol. The molecule has 68 valence electrons. The Morgan fingerprint density at radius 2 is 2.42 bits per heavy atom. The Bertz CT molecular complexity index is 190. The summed E-state index contributed by atoms with van der Waals surface area (Å²) in [5.41, 5.74) is 5.66. The highest BCUT2D eigenvalue weighted by atomic mass is 15.5. The van der Waals surface area contributed by atoms with Crippen molar-refractivity contribution >= 4 is 6.21 Å². The molecule has 2 rings (SSSR count). The maximum absolute atomic E-state index is 5.66. The van der Waals surface area contributed by atoms with Crippen molar-refractivity contribution in [3.63, 3.8) is 0 Å². The van der Waals surface area contributed by atoms with Gasteiger partial charge in [0.15, 0.2) is 0 Å². The van der Waals surface area contributed by atoms with Gasteiger partial charge in [0.2, 0.25) is 0 Å². The Kier molecular flexibility index (Phi) is 2.05. The second-order valence-corrected chi connectivity index (χ2v) is 3.98. The first-order valence-electron chi connectivity index (χ1n) is 4.78. The summed E-state index contributed by atoms with van der Waals surface area (Å²) >= 11 is 0. The molecule has 0 radical (unpaired) electrons. The summed E-state index contributed by atoms with van der Waals surface area (Å²) in [6, 6.07) is 0.674. The number of hydrazone groups is 1. The number of rotatable bonds is 1. The van der Waals surface area contributed by atoms with Gasteiger partial charge in [0.05, 0.1) is 6.04 Å². The van der Waals surface area contributed by atoms with Crippen LogP contribution in [0.5, 0.6) is 0 Å². The summed E-state index contributed by atoms with van der Waals surface area (Å²) in [5.74, 6) is 1.42. The molecule has 0 saturated heterocycles. The lowest BCUT2D eigenvalue weighted by Gasteiger charge is -2.32. The van der Waals surface area contributed by atoms with Crippen LogP contribution in [-0.4, -0.2) is 30.9 Å². The fourth-order valence-corrected chi connectivity index (χ4v) is 2.40. The summed E-state index contributed by atoms with van der Waals surface area (Å²) in [6.45, 7) is 0.848. The third-order valence-corrected chi connectivity index (χ3v) is 3.22. The summed E-state index contributed by atoms with van der Waals surface area (Å²) in [5, 5.41) is 6.43. The molecule has 3 heteroatoms. The Hall–Kier alpha value is -0.570. The van der Waals surface area contributed by atoms with Crippen molar-refractivity contribution in [3.8, 4) is 0 Å². The van der Waals surface area contributed by atoms with E-state index in [0.29, 0.717) is 12.0 Å². The Morgan fingerprint density at radius 1 is 1.58 bits per heavy atom. The lowest BCUT2D eigenvalue weighted by Crippen LogP contribution is -2.36. The molecule has 0 amide bonds. The Labute approximate surface area is 73.6 Å². The molecule has 3 atom stereocenters. The van der Waals surface area contributed by atoms with E-state index in [1.165, 1.54) is 19.3 Å². The van der Waals surface area contributed by atoms with Crippen LogP contribution in [0.25, 0.3) is 0 Å². The summed E-state index contributed by atoms with van der Waals surface area (Å²) in [7, 11) is 2.07. The van der Waals surface area contributed by atoms with Gasteiger partial charge in [0, 0.05) is 19.2 Å². The molecule has 3 nitrogen and oxygen atoms in total. The number of nitrogens with two attached hydrogens (primary N) is 1. The maximum atomic E-state index is 5.66. The fourth-order valence-electron chi connectivity index (χ4n) is 2.40. The van der Waals surface area contributed by atoms with Gasteiger partial charge in [-0.15, -0.1) is 0 Å². The third-order valence-electron chi connectivity index (χ3n) is 3.22. The van der Waals surface area contributed by atoms with Crippen molar-refractivity contribution in [1.82, 2.24) is 5.01 Å². The van der Waals surface area contributed by atoms with Crippen molar-refractivity contribution in [3.05, 3.63) is 0 Å². The normalized spacial score (nSPS) is 40.2. The highest BCUT2D eigenvalue weighted by molar-refractivity contribution is 5.63. The lowest BCUT2D eigenvalue weighted by atomic mass is 9.79. The summed E-state index contributed by atoms with van der Waals surface area (Å²) in [6.07, 6.45) is 5.90. The first-order chi connectivity index (χ1) is 5.81. The van der Waals surface area contributed by atoms with Gasteiger partial charge >= 0.3 is 0 Å². The van der Waals surface area contributed by atoms with E-state index in [0.717, 1.165) is 12.5 Å². The van der Waals surface area contributed by atoms with Gasteiger partial charge in [-0.1, -0.05) is 0 Å². The fraction of sp³-hybridized carbons (Fsp3) is 0.889. The van der Waals surface area contributed by atoms with E-state index in [1.807, 2.05) is 0 Å². The molecule has 0 aromatic carbocycles. The lowest BCUT2D eigenvalue weighted by molar-refractivity contribution is 0.168. The molecule has 0 bridgehead atoms. The van der Waals surface area contributed by atoms with Crippen LogP contribution in [0.3, 0.4) is 0 Å². The van der Waals surface area contributed by atoms with Gasteiger partial charge in [0.25, 0.3) is 0 Å². The standard InChI is InChI=1S/C9H17N3/c1-12-9-3-2-7(5-10)4-8(9)6-11-12/h6-9H,2-5,10H2,1H3. The zero-order chi connectivity index (χ0) is 8.55. The van der Waals surface area contributed by atoms with E-state index in [4.69, 9.17) is 5.73 Å². The van der Waals surface area contributed by atoms with Crippen LogP contribution in [0.4, 0.5) is 0 Å². The van der Waals surface area contributed by atoms with Gasteiger partial charge in [-0.3, -0.25) is 5.01 Å². The third kappa shape index (κ3) is 1.22. The predicted octanol–water partition coefficient (Wildman–Crippen LogP) is 0.661. The minimum Gasteiger partial charge on any atom is -0.330 e. The number of hydrogen-bond acceptors (Lipinski definition) is 3. The quantitative estimate of drug-likeness (QED) is 0.623. The SMILES string of the molecule is CN1N=CC2CC(CN)CCC21. The first-order valence-corrected chi connectivity index (χ1v) is 4.78. The minimum absolute atomic E-state index is 0.674. The maximum Gasteiger partial charge on any atom is 0.0545 e. The van der Waals surface area contributed by atoms with Crippen molar-refractivity contribution in [1.29, 1.82) is 0 Å². The molecular weight excluding hydrogens is 150 g/mol. The van der Waals surface area contributed by atoms with Crippen molar-refractivity contribution in [2.75, 3.05) is 13.6 Å². The average Bonchev–Trinajstić information content (AvgIpc) is 2.47. The molecule has 1 saturated carbocycles. The van der Waals surface area contributed by atoms with Crippen molar-refractivity contribution in [2.24, 2.45) is 22.7 Å². The van der Waals surface area contributed by atoms with Gasteiger partial charge in [0.1, 0.15) is 0 Å². The van der Waals surface area contributed by atoms with E-state index in [9.17, 15) is 0 Å². The van der Waals surface area contributed by atoms with Crippen LogP contribution in [0.1, 0.15) is 19.3 Å². The Balaban J connectivity index is 1.99. The molecule has 0 spiro atoms.